The van der Waals surface area contributed by atoms with Crippen LogP contribution in [0.3, 0.4) is 0 Å². The Bertz CT molecular complexity index is 780. The number of thioether (sulfide) groups is 1. The SMILES string of the molecule is Cc1ccc2nc(S[C@H](C)C(=O)NCc3cccs3)[nH]c2c1. The molecule has 1 aromatic carbocycles. The van der Waals surface area contributed by atoms with Gasteiger partial charge in [-0.2, -0.15) is 0 Å². The molecule has 1 atom stereocenters. The van der Waals surface area contributed by atoms with E-state index >= 15 is 0 Å². The van der Waals surface area contributed by atoms with Crippen molar-refractivity contribution in [2.24, 2.45) is 0 Å². The Morgan fingerprint density at radius 3 is 3.09 bits per heavy atom. The number of H-pyrrole nitrogens is 1. The van der Waals surface area contributed by atoms with E-state index in [0.717, 1.165) is 21.1 Å². The summed E-state index contributed by atoms with van der Waals surface area (Å²) in [6.45, 7) is 4.53. The van der Waals surface area contributed by atoms with Crippen LogP contribution in [0.4, 0.5) is 0 Å². The average molecular weight is 331 g/mol. The van der Waals surface area contributed by atoms with Gasteiger partial charge < -0.3 is 10.3 Å². The number of fused-ring (bicyclic) bond motifs is 1. The smallest absolute Gasteiger partial charge is 0.233 e. The Kier molecular flexibility index (Phi) is 4.49. The van der Waals surface area contributed by atoms with E-state index in [-0.39, 0.29) is 11.2 Å². The fourth-order valence-electron chi connectivity index (χ4n) is 2.11. The maximum Gasteiger partial charge on any atom is 0.233 e. The Morgan fingerprint density at radius 1 is 1.45 bits per heavy atom. The number of rotatable bonds is 5. The summed E-state index contributed by atoms with van der Waals surface area (Å²) >= 11 is 3.09. The van der Waals surface area contributed by atoms with Crippen LogP contribution in [0.25, 0.3) is 11.0 Å². The lowest BCUT2D eigenvalue weighted by Crippen LogP contribution is -2.30. The van der Waals surface area contributed by atoms with E-state index < -0.39 is 0 Å². The van der Waals surface area contributed by atoms with E-state index in [9.17, 15) is 4.79 Å². The van der Waals surface area contributed by atoms with Crippen molar-refractivity contribution in [1.29, 1.82) is 0 Å². The van der Waals surface area contributed by atoms with E-state index in [2.05, 4.69) is 21.4 Å². The molecule has 0 saturated carbocycles. The Labute approximate surface area is 137 Å². The third kappa shape index (κ3) is 3.51. The topological polar surface area (TPSA) is 57.8 Å². The molecular formula is C16H17N3OS2. The van der Waals surface area contributed by atoms with Crippen molar-refractivity contribution >= 4 is 40.0 Å². The van der Waals surface area contributed by atoms with Crippen LogP contribution < -0.4 is 5.32 Å². The first-order valence-corrected chi connectivity index (χ1v) is 8.81. The maximum atomic E-state index is 12.1. The highest BCUT2D eigenvalue weighted by atomic mass is 32.2. The summed E-state index contributed by atoms with van der Waals surface area (Å²) in [6.07, 6.45) is 0. The average Bonchev–Trinajstić information content (AvgIpc) is 3.12. The Hall–Kier alpha value is -1.79. The van der Waals surface area contributed by atoms with Gasteiger partial charge in [0.25, 0.3) is 0 Å². The molecule has 0 aliphatic carbocycles. The highest BCUT2D eigenvalue weighted by Gasteiger charge is 2.16. The molecule has 1 amide bonds. The summed E-state index contributed by atoms with van der Waals surface area (Å²) in [5.74, 6) is 0.0232. The molecule has 2 N–H and O–H groups in total. The third-order valence-electron chi connectivity index (χ3n) is 3.29. The minimum absolute atomic E-state index is 0.0232. The van der Waals surface area contributed by atoms with Crippen LogP contribution in [0.1, 0.15) is 17.4 Å². The van der Waals surface area contributed by atoms with Crippen LogP contribution in [-0.2, 0) is 11.3 Å². The number of carbonyl (C=O) groups excluding carboxylic acids is 1. The van der Waals surface area contributed by atoms with Crippen LogP contribution in [0, 0.1) is 6.92 Å². The molecule has 4 nitrogen and oxygen atoms in total. The number of aromatic amines is 1. The molecule has 0 saturated heterocycles. The summed E-state index contributed by atoms with van der Waals surface area (Å²) in [5, 5.41) is 5.55. The van der Waals surface area contributed by atoms with Gasteiger partial charge >= 0.3 is 0 Å². The molecule has 114 valence electrons. The molecule has 0 aliphatic rings. The monoisotopic (exact) mass is 331 g/mol. The fourth-order valence-corrected chi connectivity index (χ4v) is 3.60. The summed E-state index contributed by atoms with van der Waals surface area (Å²) in [7, 11) is 0. The van der Waals surface area contributed by atoms with Gasteiger partial charge in [-0.3, -0.25) is 4.79 Å². The summed E-state index contributed by atoms with van der Waals surface area (Å²) < 4.78 is 0. The lowest BCUT2D eigenvalue weighted by atomic mass is 10.2. The lowest BCUT2D eigenvalue weighted by molar-refractivity contribution is -0.120. The molecule has 0 unspecified atom stereocenters. The van der Waals surface area contributed by atoms with Gasteiger partial charge in [-0.15, -0.1) is 11.3 Å². The number of hydrogen-bond acceptors (Lipinski definition) is 4. The normalized spacial score (nSPS) is 12.5. The van der Waals surface area contributed by atoms with E-state index in [0.29, 0.717) is 6.54 Å². The number of carbonyl (C=O) groups is 1. The minimum atomic E-state index is -0.193. The molecule has 2 heterocycles. The highest BCUT2D eigenvalue weighted by molar-refractivity contribution is 8.00. The number of imidazole rings is 1. The van der Waals surface area contributed by atoms with Gasteiger partial charge in [0.15, 0.2) is 5.16 Å². The van der Waals surface area contributed by atoms with Crippen LogP contribution in [0.5, 0.6) is 0 Å². The van der Waals surface area contributed by atoms with Crippen molar-refractivity contribution in [3.8, 4) is 0 Å². The molecule has 0 bridgehead atoms. The van der Waals surface area contributed by atoms with E-state index in [1.54, 1.807) is 11.3 Å². The van der Waals surface area contributed by atoms with Crippen molar-refractivity contribution in [1.82, 2.24) is 15.3 Å². The number of nitrogens with zero attached hydrogens (tertiary/aromatic N) is 1. The molecule has 6 heteroatoms. The van der Waals surface area contributed by atoms with Crippen LogP contribution >= 0.6 is 23.1 Å². The predicted octanol–water partition coefficient (Wildman–Crippen LogP) is 3.73. The molecule has 3 rings (SSSR count). The van der Waals surface area contributed by atoms with Gasteiger partial charge in [0, 0.05) is 4.88 Å². The van der Waals surface area contributed by atoms with Gasteiger partial charge in [0.05, 0.1) is 22.8 Å². The van der Waals surface area contributed by atoms with E-state index in [4.69, 9.17) is 0 Å². The minimum Gasteiger partial charge on any atom is -0.350 e. The summed E-state index contributed by atoms with van der Waals surface area (Å²) in [4.78, 5) is 21.1. The molecule has 0 radical (unpaired) electrons. The molecule has 0 aliphatic heterocycles. The quantitative estimate of drug-likeness (QED) is 0.700. The molecule has 3 aromatic rings. The Balaban J connectivity index is 1.61. The van der Waals surface area contributed by atoms with Gasteiger partial charge in [0.1, 0.15) is 0 Å². The van der Waals surface area contributed by atoms with Gasteiger partial charge in [0.2, 0.25) is 5.91 Å². The molecule has 22 heavy (non-hydrogen) atoms. The van der Waals surface area contributed by atoms with Gasteiger partial charge in [-0.1, -0.05) is 23.9 Å². The number of benzene rings is 1. The molecular weight excluding hydrogens is 314 g/mol. The number of aryl methyl sites for hydroxylation is 1. The molecule has 2 aromatic heterocycles. The largest absolute Gasteiger partial charge is 0.350 e. The Morgan fingerprint density at radius 2 is 2.32 bits per heavy atom. The number of nitrogens with one attached hydrogen (secondary N) is 2. The fraction of sp³-hybridized carbons (Fsp3) is 0.250. The number of hydrogen-bond donors (Lipinski definition) is 2. The second-order valence-electron chi connectivity index (χ2n) is 5.12. The number of amides is 1. The maximum absolute atomic E-state index is 12.1. The predicted molar refractivity (Wildman–Crippen MR) is 92.3 cm³/mol. The molecule has 0 spiro atoms. The van der Waals surface area contributed by atoms with Crippen molar-refractivity contribution < 1.29 is 4.79 Å². The summed E-state index contributed by atoms with van der Waals surface area (Å²) in [5.41, 5.74) is 3.13. The summed E-state index contributed by atoms with van der Waals surface area (Å²) in [6, 6.07) is 10.1. The van der Waals surface area contributed by atoms with Crippen molar-refractivity contribution in [3.63, 3.8) is 0 Å². The standard InChI is InChI=1S/C16H17N3OS2/c1-10-5-6-13-14(8-10)19-16(18-13)22-11(2)15(20)17-9-12-4-3-7-21-12/h3-8,11H,9H2,1-2H3,(H,17,20)(H,18,19)/t11-/m1/s1. The van der Waals surface area contributed by atoms with Crippen LogP contribution in [0.2, 0.25) is 0 Å². The van der Waals surface area contributed by atoms with Crippen LogP contribution in [-0.4, -0.2) is 21.1 Å². The molecule has 0 fully saturated rings. The van der Waals surface area contributed by atoms with Crippen LogP contribution in [0.15, 0.2) is 40.9 Å². The van der Waals surface area contributed by atoms with Gasteiger partial charge in [-0.25, -0.2) is 4.98 Å². The van der Waals surface area contributed by atoms with Gasteiger partial charge in [-0.05, 0) is 43.0 Å². The van der Waals surface area contributed by atoms with Crippen molar-refractivity contribution in [3.05, 3.63) is 46.2 Å². The highest BCUT2D eigenvalue weighted by Crippen LogP contribution is 2.24. The zero-order valence-corrected chi connectivity index (χ0v) is 14.1. The first kappa shape index (κ1) is 15.1. The van der Waals surface area contributed by atoms with E-state index in [1.807, 2.05) is 43.5 Å². The zero-order chi connectivity index (χ0) is 15.5. The third-order valence-corrected chi connectivity index (χ3v) is 5.15. The number of aromatic nitrogens is 2. The van der Waals surface area contributed by atoms with Crippen molar-refractivity contribution in [2.75, 3.05) is 0 Å². The van der Waals surface area contributed by atoms with Crippen molar-refractivity contribution in [2.45, 2.75) is 30.8 Å². The van der Waals surface area contributed by atoms with E-state index in [1.165, 1.54) is 17.3 Å². The zero-order valence-electron chi connectivity index (χ0n) is 12.4. The number of thiophene rings is 1. The first-order chi connectivity index (χ1) is 10.6. The lowest BCUT2D eigenvalue weighted by Gasteiger charge is -2.09. The second-order valence-corrected chi connectivity index (χ2v) is 7.48. The first-order valence-electron chi connectivity index (χ1n) is 7.05. The second kappa shape index (κ2) is 6.54.